The molecule has 0 amide bonds. The van der Waals surface area contributed by atoms with Crippen LogP contribution in [0.1, 0.15) is 45.7 Å². The number of rotatable bonds is 8. The van der Waals surface area contributed by atoms with E-state index < -0.39 is 7.40 Å². The average molecular weight is 583 g/mol. The quantitative estimate of drug-likeness (QED) is 0.112. The van der Waals surface area contributed by atoms with Gasteiger partial charge in [0.1, 0.15) is 0 Å². The van der Waals surface area contributed by atoms with E-state index in [-0.39, 0.29) is 6.04 Å². The molecule has 0 saturated heterocycles. The predicted molar refractivity (Wildman–Crippen MR) is 186 cm³/mol. The fourth-order valence-electron chi connectivity index (χ4n) is 5.80. The van der Waals surface area contributed by atoms with Gasteiger partial charge >= 0.3 is 7.40 Å². The number of aliphatic imine (C=N–C) groups is 1. The van der Waals surface area contributed by atoms with Crippen molar-refractivity contribution in [3.63, 3.8) is 0 Å². The summed E-state index contributed by atoms with van der Waals surface area (Å²) in [5.41, 5.74) is 14.4. The van der Waals surface area contributed by atoms with E-state index in [1.54, 1.807) is 13.0 Å². The number of aryl methyl sites for hydroxylation is 1. The number of halogens is 2. The molecule has 0 N–H and O–H groups in total. The van der Waals surface area contributed by atoms with Crippen molar-refractivity contribution >= 4 is 24.4 Å². The standard InChI is InChI=1S/C39H37BF2N2/c1-25-12-14-33(15-13-25)35-22-36(34-18-16-32(17-19-34)31-10-8-7-9-11-31)24-37(23-35)38(39-27(3)21-28(4)43-39)30(6)26(2)20-29(5)44-40(41)42/h7-24,39H,1-6H3/b26-20-,38-30+,44-29?. The lowest BCUT2D eigenvalue weighted by atomic mass is 9.85. The Morgan fingerprint density at radius 3 is 1.75 bits per heavy atom. The highest BCUT2D eigenvalue weighted by atomic mass is 19.2. The Hall–Kier alpha value is -4.64. The van der Waals surface area contributed by atoms with E-state index in [0.29, 0.717) is 5.71 Å². The summed E-state index contributed by atoms with van der Waals surface area (Å²) in [4.78, 5) is 8.47. The largest absolute Gasteiger partial charge is 0.692 e. The molecule has 2 nitrogen and oxygen atoms in total. The molecule has 1 heterocycles. The summed E-state index contributed by atoms with van der Waals surface area (Å²) in [5.74, 6) is 0. The maximum absolute atomic E-state index is 13.0. The Morgan fingerprint density at radius 1 is 0.705 bits per heavy atom. The summed E-state index contributed by atoms with van der Waals surface area (Å²) in [6, 6.07) is 34.2. The molecule has 1 atom stereocenters. The Labute approximate surface area is 260 Å². The number of benzene rings is 4. The topological polar surface area (TPSA) is 24.7 Å². The maximum atomic E-state index is 13.0. The summed E-state index contributed by atoms with van der Waals surface area (Å²) < 4.78 is 26.0. The fraction of sp³-hybridized carbons (Fsp3) is 0.179. The lowest BCUT2D eigenvalue weighted by Gasteiger charge is -2.22. The molecule has 5 heteroatoms. The van der Waals surface area contributed by atoms with Gasteiger partial charge in [-0.15, -0.1) is 0 Å². The highest BCUT2D eigenvalue weighted by molar-refractivity contribution is 6.43. The van der Waals surface area contributed by atoms with Gasteiger partial charge in [-0.2, -0.15) is 0 Å². The summed E-state index contributed by atoms with van der Waals surface area (Å²) in [5, 5.41) is 0. The summed E-state index contributed by atoms with van der Waals surface area (Å²) in [6.45, 7) is 11.8. The van der Waals surface area contributed by atoms with Crippen LogP contribution in [-0.2, 0) is 0 Å². The average Bonchev–Trinajstić information content (AvgIpc) is 3.34. The van der Waals surface area contributed by atoms with Gasteiger partial charge in [-0.1, -0.05) is 84.4 Å². The number of hydrogen-bond acceptors (Lipinski definition) is 2. The van der Waals surface area contributed by atoms with E-state index in [4.69, 9.17) is 4.99 Å². The van der Waals surface area contributed by atoms with Crippen molar-refractivity contribution in [2.75, 3.05) is 0 Å². The maximum Gasteiger partial charge on any atom is 0.692 e. The molecule has 1 aliphatic rings. The Morgan fingerprint density at radius 2 is 1.23 bits per heavy atom. The summed E-state index contributed by atoms with van der Waals surface area (Å²) in [6.07, 6.45) is 3.85. The Bertz CT molecular complexity index is 1810. The van der Waals surface area contributed by atoms with E-state index >= 15 is 0 Å². The lowest BCUT2D eigenvalue weighted by Crippen LogP contribution is -2.10. The van der Waals surface area contributed by atoms with Crippen molar-refractivity contribution in [2.45, 2.75) is 47.6 Å². The second-order valence-corrected chi connectivity index (χ2v) is 11.6. The van der Waals surface area contributed by atoms with Gasteiger partial charge in [0.05, 0.1) is 6.04 Å². The minimum absolute atomic E-state index is 0.174. The molecule has 0 spiro atoms. The van der Waals surface area contributed by atoms with Crippen LogP contribution in [0.25, 0.3) is 39.0 Å². The zero-order chi connectivity index (χ0) is 31.4. The van der Waals surface area contributed by atoms with Crippen molar-refractivity contribution in [3.05, 3.63) is 137 Å². The van der Waals surface area contributed by atoms with Crippen LogP contribution >= 0.6 is 0 Å². The van der Waals surface area contributed by atoms with Crippen LogP contribution in [-0.4, -0.2) is 24.9 Å². The van der Waals surface area contributed by atoms with Crippen LogP contribution in [0.15, 0.2) is 136 Å². The monoisotopic (exact) mass is 582 g/mol. The summed E-state index contributed by atoms with van der Waals surface area (Å²) >= 11 is 0. The second-order valence-electron chi connectivity index (χ2n) is 11.6. The predicted octanol–water partition coefficient (Wildman–Crippen LogP) is 10.9. The van der Waals surface area contributed by atoms with E-state index in [1.807, 2.05) is 19.9 Å². The number of allylic oxidation sites excluding steroid dienone is 4. The van der Waals surface area contributed by atoms with Gasteiger partial charge in [-0.25, -0.2) is 0 Å². The van der Waals surface area contributed by atoms with Gasteiger partial charge in [-0.05, 0) is 133 Å². The highest BCUT2D eigenvalue weighted by Crippen LogP contribution is 2.39. The highest BCUT2D eigenvalue weighted by Gasteiger charge is 2.25. The molecule has 1 aliphatic heterocycles. The Kier molecular flexibility index (Phi) is 9.34. The van der Waals surface area contributed by atoms with Crippen molar-refractivity contribution < 1.29 is 8.63 Å². The molecule has 4 aromatic rings. The molecule has 4 aromatic carbocycles. The molecule has 5 rings (SSSR count). The molecule has 44 heavy (non-hydrogen) atoms. The van der Waals surface area contributed by atoms with Crippen LogP contribution in [0.4, 0.5) is 8.63 Å². The van der Waals surface area contributed by atoms with Crippen molar-refractivity contribution in [1.29, 1.82) is 0 Å². The molecule has 0 radical (unpaired) electrons. The first-order valence-electron chi connectivity index (χ1n) is 14.9. The van der Waals surface area contributed by atoms with Gasteiger partial charge < -0.3 is 0 Å². The van der Waals surface area contributed by atoms with Gasteiger partial charge in [0.25, 0.3) is 0 Å². The normalized spacial score (nSPS) is 16.0. The minimum Gasteiger partial charge on any atom is -0.277 e. The van der Waals surface area contributed by atoms with Gasteiger partial charge in [0, 0.05) is 11.4 Å². The Balaban J connectivity index is 1.71. The first kappa shape index (κ1) is 30.8. The third-order valence-electron chi connectivity index (χ3n) is 8.15. The van der Waals surface area contributed by atoms with Gasteiger partial charge in [-0.3, -0.25) is 18.5 Å². The molecule has 0 saturated carbocycles. The lowest BCUT2D eigenvalue weighted by molar-refractivity contribution is 0.662. The van der Waals surface area contributed by atoms with Crippen molar-refractivity contribution in [2.24, 2.45) is 9.90 Å². The van der Waals surface area contributed by atoms with E-state index in [9.17, 15) is 8.63 Å². The molecule has 1 unspecified atom stereocenters. The van der Waals surface area contributed by atoms with Crippen LogP contribution in [0.3, 0.4) is 0 Å². The number of hydrogen-bond donors (Lipinski definition) is 0. The second kappa shape index (κ2) is 13.3. The zero-order valence-corrected chi connectivity index (χ0v) is 26.2. The van der Waals surface area contributed by atoms with Crippen molar-refractivity contribution in [1.82, 2.24) is 0 Å². The van der Waals surface area contributed by atoms with Gasteiger partial charge in [0.15, 0.2) is 0 Å². The molecule has 0 aliphatic carbocycles. The van der Waals surface area contributed by atoms with E-state index in [2.05, 4.69) is 123 Å². The van der Waals surface area contributed by atoms with Crippen LogP contribution in [0.5, 0.6) is 0 Å². The first-order chi connectivity index (χ1) is 21.1. The summed E-state index contributed by atoms with van der Waals surface area (Å²) in [7, 11) is -2.74. The molecule has 220 valence electrons. The third kappa shape index (κ3) is 7.11. The number of nitrogens with zero attached hydrogens (tertiary/aromatic N) is 2. The van der Waals surface area contributed by atoms with Crippen LogP contribution in [0, 0.1) is 6.92 Å². The molecular weight excluding hydrogens is 545 g/mol. The van der Waals surface area contributed by atoms with E-state index in [0.717, 1.165) is 55.8 Å². The van der Waals surface area contributed by atoms with E-state index in [1.165, 1.54) is 16.7 Å². The van der Waals surface area contributed by atoms with Crippen LogP contribution in [0.2, 0.25) is 0 Å². The fourth-order valence-corrected chi connectivity index (χ4v) is 5.80. The first-order valence-corrected chi connectivity index (χ1v) is 14.9. The third-order valence-corrected chi connectivity index (χ3v) is 8.15. The molecule has 0 fully saturated rings. The van der Waals surface area contributed by atoms with Crippen LogP contribution < -0.4 is 0 Å². The smallest absolute Gasteiger partial charge is 0.277 e. The minimum atomic E-state index is -2.74. The molecular formula is C39H37BF2N2. The van der Waals surface area contributed by atoms with Crippen molar-refractivity contribution in [3.8, 4) is 33.4 Å². The SMILES string of the molecule is CC1=CC(C)=NC1/C(=C(C)/C(C)=C\C(C)=NB(F)F)c1cc(-c2ccc(C)cc2)cc(-c2ccc(-c3ccccc3)cc2)c1. The molecule has 0 bridgehead atoms. The van der Waals surface area contributed by atoms with Gasteiger partial charge in [0.2, 0.25) is 0 Å². The molecule has 0 aromatic heterocycles. The zero-order valence-electron chi connectivity index (χ0n) is 26.2.